The number of ether oxygens (including phenoxy) is 2. The van der Waals surface area contributed by atoms with Crippen LogP contribution in [-0.4, -0.2) is 24.8 Å². The van der Waals surface area contributed by atoms with E-state index in [1.54, 1.807) is 6.92 Å². The number of esters is 1. The third-order valence-electron chi connectivity index (χ3n) is 3.21. The highest BCUT2D eigenvalue weighted by atomic mass is 32.1. The van der Waals surface area contributed by atoms with Gasteiger partial charge in [0.2, 0.25) is 0 Å². The van der Waals surface area contributed by atoms with Crippen LogP contribution in [0, 0.1) is 0 Å². The molecule has 0 aromatic carbocycles. The SMILES string of the molecule is CCOC(=O)Nc1sc2c(c1C(=O)OC(C)C)CCCC2. The number of rotatable bonds is 4. The average molecular weight is 311 g/mol. The first-order valence-corrected chi connectivity index (χ1v) is 8.13. The molecule has 0 bridgehead atoms. The van der Waals surface area contributed by atoms with Gasteiger partial charge in [0.25, 0.3) is 0 Å². The Labute approximate surface area is 128 Å². The number of anilines is 1. The second kappa shape index (κ2) is 6.93. The molecule has 2 rings (SSSR count). The van der Waals surface area contributed by atoms with Crippen molar-refractivity contribution in [2.24, 2.45) is 0 Å². The van der Waals surface area contributed by atoms with Crippen molar-refractivity contribution < 1.29 is 19.1 Å². The molecular weight excluding hydrogens is 290 g/mol. The highest BCUT2D eigenvalue weighted by Gasteiger charge is 2.27. The standard InChI is InChI=1S/C15H21NO4S/c1-4-19-15(18)16-13-12(14(17)20-9(2)3)10-7-5-6-8-11(10)21-13/h9H,4-8H2,1-3H3,(H,16,18). The van der Waals surface area contributed by atoms with Crippen LogP contribution in [0.25, 0.3) is 0 Å². The number of aryl methyl sites for hydroxylation is 1. The molecule has 0 atom stereocenters. The molecule has 116 valence electrons. The summed E-state index contributed by atoms with van der Waals surface area (Å²) in [6, 6.07) is 0. The van der Waals surface area contributed by atoms with Gasteiger partial charge in [0.05, 0.1) is 18.3 Å². The Morgan fingerprint density at radius 2 is 2.00 bits per heavy atom. The molecule has 0 unspecified atom stereocenters. The molecule has 1 aromatic rings. The minimum absolute atomic E-state index is 0.188. The van der Waals surface area contributed by atoms with E-state index in [0.29, 0.717) is 17.2 Å². The van der Waals surface area contributed by atoms with E-state index in [2.05, 4.69) is 5.32 Å². The van der Waals surface area contributed by atoms with Crippen LogP contribution < -0.4 is 5.32 Å². The van der Waals surface area contributed by atoms with Crippen LogP contribution in [0.2, 0.25) is 0 Å². The van der Waals surface area contributed by atoms with Gasteiger partial charge in [-0.05, 0) is 52.0 Å². The third-order valence-corrected chi connectivity index (χ3v) is 4.42. The lowest BCUT2D eigenvalue weighted by atomic mass is 9.95. The van der Waals surface area contributed by atoms with Gasteiger partial charge in [-0.3, -0.25) is 5.32 Å². The number of fused-ring (bicyclic) bond motifs is 1. The van der Waals surface area contributed by atoms with Crippen LogP contribution in [0.1, 0.15) is 54.4 Å². The molecule has 1 aromatic heterocycles. The van der Waals surface area contributed by atoms with Gasteiger partial charge in [-0.1, -0.05) is 0 Å². The quantitative estimate of drug-likeness (QED) is 0.860. The van der Waals surface area contributed by atoms with Gasteiger partial charge >= 0.3 is 12.1 Å². The Morgan fingerprint density at radius 1 is 1.29 bits per heavy atom. The Bertz CT molecular complexity index is 536. The Kier molecular flexibility index (Phi) is 5.22. The van der Waals surface area contributed by atoms with Gasteiger partial charge in [-0.25, -0.2) is 9.59 Å². The molecule has 1 N–H and O–H groups in total. The van der Waals surface area contributed by atoms with E-state index in [1.807, 2.05) is 13.8 Å². The topological polar surface area (TPSA) is 64.6 Å². The van der Waals surface area contributed by atoms with E-state index in [0.717, 1.165) is 31.2 Å². The molecule has 1 aliphatic carbocycles. The van der Waals surface area contributed by atoms with Crippen LogP contribution in [-0.2, 0) is 22.3 Å². The number of carbonyl (C=O) groups excluding carboxylic acids is 2. The van der Waals surface area contributed by atoms with E-state index in [4.69, 9.17) is 9.47 Å². The van der Waals surface area contributed by atoms with Gasteiger partial charge in [0.1, 0.15) is 5.00 Å². The lowest BCUT2D eigenvalue weighted by molar-refractivity contribution is 0.0378. The third kappa shape index (κ3) is 3.75. The van der Waals surface area contributed by atoms with E-state index < -0.39 is 6.09 Å². The smallest absolute Gasteiger partial charge is 0.412 e. The second-order valence-corrected chi connectivity index (χ2v) is 6.32. The first kappa shape index (κ1) is 15.8. The summed E-state index contributed by atoms with van der Waals surface area (Å²) in [4.78, 5) is 25.2. The zero-order valence-electron chi connectivity index (χ0n) is 12.7. The van der Waals surface area contributed by atoms with Crippen molar-refractivity contribution in [3.05, 3.63) is 16.0 Å². The van der Waals surface area contributed by atoms with E-state index in [9.17, 15) is 9.59 Å². The van der Waals surface area contributed by atoms with Gasteiger partial charge in [0.15, 0.2) is 0 Å². The molecule has 1 heterocycles. The lowest BCUT2D eigenvalue weighted by Gasteiger charge is -2.14. The molecule has 0 radical (unpaired) electrons. The summed E-state index contributed by atoms with van der Waals surface area (Å²) >= 11 is 1.46. The molecular formula is C15H21NO4S. The minimum Gasteiger partial charge on any atom is -0.459 e. The van der Waals surface area contributed by atoms with Crippen molar-refractivity contribution in [2.75, 3.05) is 11.9 Å². The van der Waals surface area contributed by atoms with Crippen LogP contribution in [0.4, 0.5) is 9.80 Å². The number of hydrogen-bond acceptors (Lipinski definition) is 5. The highest BCUT2D eigenvalue weighted by molar-refractivity contribution is 7.17. The monoisotopic (exact) mass is 311 g/mol. The summed E-state index contributed by atoms with van der Waals surface area (Å²) in [6.45, 7) is 5.67. The molecule has 0 spiro atoms. The van der Waals surface area contributed by atoms with Gasteiger partial charge in [-0.2, -0.15) is 0 Å². The number of hydrogen-bond donors (Lipinski definition) is 1. The number of nitrogens with one attached hydrogen (secondary N) is 1. The Hall–Kier alpha value is -1.56. The maximum atomic E-state index is 12.3. The highest BCUT2D eigenvalue weighted by Crippen LogP contribution is 2.38. The van der Waals surface area contributed by atoms with Crippen molar-refractivity contribution >= 4 is 28.4 Å². The van der Waals surface area contributed by atoms with Crippen molar-refractivity contribution in [3.8, 4) is 0 Å². The Balaban J connectivity index is 2.32. The average Bonchev–Trinajstić information content (AvgIpc) is 2.75. The van der Waals surface area contributed by atoms with Gasteiger partial charge < -0.3 is 9.47 Å². The fraction of sp³-hybridized carbons (Fsp3) is 0.600. The Morgan fingerprint density at radius 3 is 2.67 bits per heavy atom. The fourth-order valence-corrected chi connectivity index (χ4v) is 3.67. The number of thiophene rings is 1. The van der Waals surface area contributed by atoms with E-state index >= 15 is 0 Å². The summed E-state index contributed by atoms with van der Waals surface area (Å²) < 4.78 is 10.2. The van der Waals surface area contributed by atoms with Crippen LogP contribution in [0.3, 0.4) is 0 Å². The predicted octanol–water partition coefficient (Wildman–Crippen LogP) is 3.76. The molecule has 0 fully saturated rings. The predicted molar refractivity (Wildman–Crippen MR) is 82.2 cm³/mol. The fourth-order valence-electron chi connectivity index (χ4n) is 2.40. The van der Waals surface area contributed by atoms with Crippen molar-refractivity contribution in [2.45, 2.75) is 52.6 Å². The summed E-state index contributed by atoms with van der Waals surface area (Å²) in [7, 11) is 0. The zero-order valence-corrected chi connectivity index (χ0v) is 13.5. The maximum Gasteiger partial charge on any atom is 0.412 e. The molecule has 0 saturated carbocycles. The lowest BCUT2D eigenvalue weighted by Crippen LogP contribution is -2.18. The van der Waals surface area contributed by atoms with E-state index in [-0.39, 0.29) is 12.1 Å². The zero-order chi connectivity index (χ0) is 15.4. The summed E-state index contributed by atoms with van der Waals surface area (Å²) in [5.41, 5.74) is 1.54. The van der Waals surface area contributed by atoms with E-state index in [1.165, 1.54) is 16.2 Å². The molecule has 1 aliphatic rings. The normalized spacial score (nSPS) is 13.7. The number of amides is 1. The summed E-state index contributed by atoms with van der Waals surface area (Å²) in [5.74, 6) is -0.365. The summed E-state index contributed by atoms with van der Waals surface area (Å²) in [6.07, 6.45) is 3.27. The first-order chi connectivity index (χ1) is 10.0. The van der Waals surface area contributed by atoms with Crippen molar-refractivity contribution in [3.63, 3.8) is 0 Å². The van der Waals surface area contributed by atoms with Crippen molar-refractivity contribution in [1.29, 1.82) is 0 Å². The van der Waals surface area contributed by atoms with Crippen LogP contribution in [0.5, 0.6) is 0 Å². The largest absolute Gasteiger partial charge is 0.459 e. The van der Waals surface area contributed by atoms with Gasteiger partial charge in [0, 0.05) is 4.88 Å². The first-order valence-electron chi connectivity index (χ1n) is 7.32. The number of carbonyl (C=O) groups is 2. The molecule has 6 heteroatoms. The molecule has 1 amide bonds. The minimum atomic E-state index is -0.533. The molecule has 21 heavy (non-hydrogen) atoms. The molecule has 0 saturated heterocycles. The second-order valence-electron chi connectivity index (χ2n) is 5.21. The molecule has 5 nitrogen and oxygen atoms in total. The van der Waals surface area contributed by atoms with Crippen molar-refractivity contribution in [1.82, 2.24) is 0 Å². The molecule has 0 aliphatic heterocycles. The maximum absolute atomic E-state index is 12.3. The van der Waals surface area contributed by atoms with Crippen LogP contribution in [0.15, 0.2) is 0 Å². The summed E-state index contributed by atoms with van der Waals surface area (Å²) in [5, 5.41) is 3.23. The van der Waals surface area contributed by atoms with Crippen LogP contribution >= 0.6 is 11.3 Å². The van der Waals surface area contributed by atoms with Gasteiger partial charge in [-0.15, -0.1) is 11.3 Å².